The molecule has 0 spiro atoms. The lowest BCUT2D eigenvalue weighted by atomic mass is 10.0. The summed E-state index contributed by atoms with van der Waals surface area (Å²) >= 11 is 7.38. The lowest BCUT2D eigenvalue weighted by Crippen LogP contribution is -2.21. The van der Waals surface area contributed by atoms with Crippen molar-refractivity contribution in [2.45, 2.75) is 19.0 Å². The SMILES string of the molecule is CCOc1ccc(-n2c(SCC(=O)N/N=C(\C)c3cccc4ccccc34)nnc2-c2ccc(Cl)cc2)cc1. The summed E-state index contributed by atoms with van der Waals surface area (Å²) in [6, 6.07) is 29.2. The molecule has 0 saturated heterocycles. The molecule has 0 aliphatic heterocycles. The van der Waals surface area contributed by atoms with Gasteiger partial charge in [0.2, 0.25) is 0 Å². The van der Waals surface area contributed by atoms with E-state index in [4.69, 9.17) is 16.3 Å². The summed E-state index contributed by atoms with van der Waals surface area (Å²) < 4.78 is 7.51. The second-order valence-corrected chi connectivity index (χ2v) is 10.0. The minimum Gasteiger partial charge on any atom is -0.494 e. The van der Waals surface area contributed by atoms with Crippen molar-refractivity contribution in [3.05, 3.63) is 102 Å². The zero-order chi connectivity index (χ0) is 27.2. The van der Waals surface area contributed by atoms with Gasteiger partial charge < -0.3 is 4.74 Å². The van der Waals surface area contributed by atoms with E-state index in [1.54, 1.807) is 0 Å². The molecule has 0 fully saturated rings. The summed E-state index contributed by atoms with van der Waals surface area (Å²) in [5, 5.41) is 16.6. The molecule has 5 rings (SSSR count). The minimum absolute atomic E-state index is 0.113. The third-order valence-corrected chi connectivity index (χ3v) is 7.18. The number of carbonyl (C=O) groups is 1. The second kappa shape index (κ2) is 12.1. The maximum atomic E-state index is 12.8. The monoisotopic (exact) mass is 555 g/mol. The molecule has 1 aromatic heterocycles. The smallest absolute Gasteiger partial charge is 0.250 e. The molecule has 0 atom stereocenters. The first-order chi connectivity index (χ1) is 19.0. The molecule has 39 heavy (non-hydrogen) atoms. The van der Waals surface area contributed by atoms with Crippen molar-refractivity contribution < 1.29 is 9.53 Å². The predicted octanol–water partition coefficient (Wildman–Crippen LogP) is 6.77. The Labute approximate surface area is 235 Å². The number of rotatable bonds is 9. The number of aromatic nitrogens is 3. The van der Waals surface area contributed by atoms with Crippen LogP contribution < -0.4 is 10.2 Å². The number of hydrazone groups is 1. The van der Waals surface area contributed by atoms with Crippen LogP contribution in [0.25, 0.3) is 27.8 Å². The Balaban J connectivity index is 1.35. The average Bonchev–Trinajstić information content (AvgIpc) is 3.39. The summed E-state index contributed by atoms with van der Waals surface area (Å²) in [4.78, 5) is 12.8. The van der Waals surface area contributed by atoms with Gasteiger partial charge in [-0.1, -0.05) is 65.8 Å². The Morgan fingerprint density at radius 2 is 1.72 bits per heavy atom. The molecule has 1 heterocycles. The number of ether oxygens (including phenoxy) is 1. The summed E-state index contributed by atoms with van der Waals surface area (Å²) in [7, 11) is 0. The Morgan fingerprint density at radius 1 is 0.974 bits per heavy atom. The highest BCUT2D eigenvalue weighted by Crippen LogP contribution is 2.29. The van der Waals surface area contributed by atoms with Crippen molar-refractivity contribution in [1.82, 2.24) is 20.2 Å². The highest BCUT2D eigenvalue weighted by Gasteiger charge is 2.18. The van der Waals surface area contributed by atoms with Crippen LogP contribution in [0.2, 0.25) is 5.02 Å². The molecule has 9 heteroatoms. The van der Waals surface area contributed by atoms with Crippen molar-refractivity contribution in [1.29, 1.82) is 0 Å². The fourth-order valence-electron chi connectivity index (χ4n) is 4.15. The molecular formula is C30H26ClN5O2S. The van der Waals surface area contributed by atoms with E-state index in [9.17, 15) is 4.79 Å². The lowest BCUT2D eigenvalue weighted by Gasteiger charge is -2.11. The third kappa shape index (κ3) is 6.13. The third-order valence-electron chi connectivity index (χ3n) is 6.00. The van der Waals surface area contributed by atoms with Crippen LogP contribution in [-0.4, -0.2) is 38.7 Å². The van der Waals surface area contributed by atoms with Gasteiger partial charge in [0, 0.05) is 21.8 Å². The molecular weight excluding hydrogens is 530 g/mol. The number of nitrogens with one attached hydrogen (secondary N) is 1. The Hall–Kier alpha value is -4.14. The van der Waals surface area contributed by atoms with E-state index in [0.29, 0.717) is 22.6 Å². The zero-order valence-corrected chi connectivity index (χ0v) is 23.0. The van der Waals surface area contributed by atoms with Gasteiger partial charge in [-0.05, 0) is 73.2 Å². The number of nitrogens with zero attached hydrogens (tertiary/aromatic N) is 4. The van der Waals surface area contributed by atoms with Crippen LogP contribution in [0, 0.1) is 0 Å². The van der Waals surface area contributed by atoms with Gasteiger partial charge in [-0.15, -0.1) is 10.2 Å². The zero-order valence-electron chi connectivity index (χ0n) is 21.5. The molecule has 1 N–H and O–H groups in total. The first-order valence-electron chi connectivity index (χ1n) is 12.4. The molecule has 0 bridgehead atoms. The molecule has 5 aromatic rings. The Kier molecular flexibility index (Phi) is 8.24. The van der Waals surface area contributed by atoms with Gasteiger partial charge in [-0.2, -0.15) is 5.10 Å². The number of fused-ring (bicyclic) bond motifs is 1. The number of benzene rings is 4. The number of hydrogen-bond donors (Lipinski definition) is 1. The number of halogens is 1. The molecule has 0 aliphatic rings. The first-order valence-corrected chi connectivity index (χ1v) is 13.8. The average molecular weight is 556 g/mol. The molecule has 0 aliphatic carbocycles. The molecule has 0 radical (unpaired) electrons. The molecule has 196 valence electrons. The molecule has 0 saturated carbocycles. The van der Waals surface area contributed by atoms with Crippen molar-refractivity contribution in [3.63, 3.8) is 0 Å². The van der Waals surface area contributed by atoms with Crippen molar-refractivity contribution >= 4 is 45.8 Å². The maximum Gasteiger partial charge on any atom is 0.250 e. The first kappa shape index (κ1) is 26.5. The van der Waals surface area contributed by atoms with Crippen LogP contribution in [0.3, 0.4) is 0 Å². The molecule has 1 amide bonds. The van der Waals surface area contributed by atoms with Gasteiger partial charge in [-0.3, -0.25) is 9.36 Å². The lowest BCUT2D eigenvalue weighted by molar-refractivity contribution is -0.118. The normalized spacial score (nSPS) is 11.5. The molecule has 4 aromatic carbocycles. The van der Waals surface area contributed by atoms with E-state index in [0.717, 1.165) is 39.0 Å². The fraction of sp³-hybridized carbons (Fsp3) is 0.133. The second-order valence-electron chi connectivity index (χ2n) is 8.62. The highest BCUT2D eigenvalue weighted by atomic mass is 35.5. The van der Waals surface area contributed by atoms with E-state index >= 15 is 0 Å². The van der Waals surface area contributed by atoms with Crippen LogP contribution in [0.15, 0.2) is 101 Å². The van der Waals surface area contributed by atoms with Crippen LogP contribution in [-0.2, 0) is 4.79 Å². The van der Waals surface area contributed by atoms with E-state index in [1.807, 2.05) is 97.3 Å². The van der Waals surface area contributed by atoms with Gasteiger partial charge in [0.05, 0.1) is 18.1 Å². The number of carbonyl (C=O) groups excluding carboxylic acids is 1. The van der Waals surface area contributed by atoms with E-state index in [-0.39, 0.29) is 11.7 Å². The summed E-state index contributed by atoms with van der Waals surface area (Å²) in [5.74, 6) is 1.29. The van der Waals surface area contributed by atoms with Crippen LogP contribution >= 0.6 is 23.4 Å². The standard InChI is InChI=1S/C30H26ClN5O2S/c1-3-38-25-17-15-24(16-18-25)36-29(22-11-13-23(31)14-12-22)34-35-30(36)39-19-28(37)33-32-20(2)26-10-6-8-21-7-4-5-9-27(21)26/h4-18H,3,19H2,1-2H3,(H,33,37)/b32-20+. The summed E-state index contributed by atoms with van der Waals surface area (Å²) in [6.45, 7) is 4.41. The number of hydrogen-bond acceptors (Lipinski definition) is 6. The number of thioether (sulfide) groups is 1. The van der Waals surface area contributed by atoms with Crippen molar-refractivity contribution in [3.8, 4) is 22.8 Å². The topological polar surface area (TPSA) is 81.4 Å². The van der Waals surface area contributed by atoms with Gasteiger partial charge in [-0.25, -0.2) is 5.43 Å². The minimum atomic E-state index is -0.242. The maximum absolute atomic E-state index is 12.8. The summed E-state index contributed by atoms with van der Waals surface area (Å²) in [5.41, 5.74) is 6.09. The van der Waals surface area contributed by atoms with Gasteiger partial charge in [0.25, 0.3) is 5.91 Å². The van der Waals surface area contributed by atoms with Crippen LogP contribution in [0.5, 0.6) is 5.75 Å². The van der Waals surface area contributed by atoms with Gasteiger partial charge in [0.1, 0.15) is 5.75 Å². The van der Waals surface area contributed by atoms with E-state index in [2.05, 4.69) is 32.9 Å². The largest absolute Gasteiger partial charge is 0.494 e. The van der Waals surface area contributed by atoms with Gasteiger partial charge >= 0.3 is 0 Å². The van der Waals surface area contributed by atoms with Crippen molar-refractivity contribution in [2.75, 3.05) is 12.4 Å². The van der Waals surface area contributed by atoms with E-state index < -0.39 is 0 Å². The summed E-state index contributed by atoms with van der Waals surface area (Å²) in [6.07, 6.45) is 0. The Morgan fingerprint density at radius 3 is 2.49 bits per heavy atom. The highest BCUT2D eigenvalue weighted by molar-refractivity contribution is 7.99. The molecule has 0 unspecified atom stereocenters. The fourth-order valence-corrected chi connectivity index (χ4v) is 5.02. The van der Waals surface area contributed by atoms with Crippen LogP contribution in [0.4, 0.5) is 0 Å². The number of amides is 1. The molecule has 7 nitrogen and oxygen atoms in total. The Bertz CT molecular complexity index is 1630. The van der Waals surface area contributed by atoms with E-state index in [1.165, 1.54) is 11.8 Å². The quantitative estimate of drug-likeness (QED) is 0.123. The van der Waals surface area contributed by atoms with Crippen molar-refractivity contribution in [2.24, 2.45) is 5.10 Å². The predicted molar refractivity (Wildman–Crippen MR) is 158 cm³/mol. The van der Waals surface area contributed by atoms with Gasteiger partial charge in [0.15, 0.2) is 11.0 Å². The van der Waals surface area contributed by atoms with Crippen LogP contribution in [0.1, 0.15) is 19.4 Å².